The van der Waals surface area contributed by atoms with Crippen molar-refractivity contribution in [2.45, 2.75) is 20.8 Å². The molecule has 0 aromatic rings. The second-order valence-corrected chi connectivity index (χ2v) is 4.45. The SMILES string of the molecule is CC(C)(C)COC(=S)SN. The summed E-state index contributed by atoms with van der Waals surface area (Å²) in [5.74, 6) is 0. The van der Waals surface area contributed by atoms with Crippen LogP contribution in [0.25, 0.3) is 0 Å². The van der Waals surface area contributed by atoms with E-state index in [1.165, 1.54) is 0 Å². The Bertz CT molecular complexity index is 119. The number of nitrogens with two attached hydrogens (primary N) is 1. The molecule has 10 heavy (non-hydrogen) atoms. The summed E-state index contributed by atoms with van der Waals surface area (Å²) in [6.45, 7) is 6.86. The second kappa shape index (κ2) is 4.16. The van der Waals surface area contributed by atoms with Crippen LogP contribution in [-0.2, 0) is 4.74 Å². The van der Waals surface area contributed by atoms with Crippen molar-refractivity contribution in [2.24, 2.45) is 10.6 Å². The van der Waals surface area contributed by atoms with Crippen LogP contribution in [0.4, 0.5) is 0 Å². The molecule has 0 aromatic carbocycles. The van der Waals surface area contributed by atoms with Gasteiger partial charge in [-0.2, -0.15) is 0 Å². The van der Waals surface area contributed by atoms with Gasteiger partial charge in [-0.3, -0.25) is 5.14 Å². The van der Waals surface area contributed by atoms with Crippen molar-refractivity contribution in [1.29, 1.82) is 0 Å². The normalized spacial score (nSPS) is 11.2. The first kappa shape index (κ1) is 10.2. The van der Waals surface area contributed by atoms with Crippen molar-refractivity contribution >= 4 is 28.5 Å². The zero-order chi connectivity index (χ0) is 8.20. The minimum absolute atomic E-state index is 0.153. The van der Waals surface area contributed by atoms with Gasteiger partial charge in [0.1, 0.15) is 0 Å². The predicted molar refractivity (Wildman–Crippen MR) is 49.8 cm³/mol. The first-order valence-corrected chi connectivity index (χ1v) is 4.28. The average Bonchev–Trinajstić information content (AvgIpc) is 1.81. The molecular weight excluding hydrogens is 166 g/mol. The van der Waals surface area contributed by atoms with E-state index in [1.807, 2.05) is 0 Å². The highest BCUT2D eigenvalue weighted by Crippen LogP contribution is 2.14. The maximum absolute atomic E-state index is 5.15. The Kier molecular flexibility index (Phi) is 4.24. The van der Waals surface area contributed by atoms with Crippen LogP contribution in [0.1, 0.15) is 20.8 Å². The van der Waals surface area contributed by atoms with E-state index in [4.69, 9.17) is 22.1 Å². The van der Waals surface area contributed by atoms with Crippen molar-refractivity contribution < 1.29 is 4.74 Å². The van der Waals surface area contributed by atoms with Gasteiger partial charge < -0.3 is 4.74 Å². The summed E-state index contributed by atoms with van der Waals surface area (Å²) in [6.07, 6.45) is 0. The highest BCUT2D eigenvalue weighted by Gasteiger charge is 2.11. The molecule has 2 N–H and O–H groups in total. The number of rotatable bonds is 1. The van der Waals surface area contributed by atoms with Crippen LogP contribution < -0.4 is 5.14 Å². The Hall–Kier alpha value is 0.200. The Morgan fingerprint density at radius 2 is 2.10 bits per heavy atom. The second-order valence-electron chi connectivity index (χ2n) is 3.22. The molecule has 0 amide bonds. The summed E-state index contributed by atoms with van der Waals surface area (Å²) in [5, 5.41) is 5.15. The summed E-state index contributed by atoms with van der Waals surface area (Å²) in [5.41, 5.74) is 0.153. The van der Waals surface area contributed by atoms with Crippen molar-refractivity contribution in [2.75, 3.05) is 6.61 Å². The van der Waals surface area contributed by atoms with Gasteiger partial charge in [-0.25, -0.2) is 0 Å². The van der Waals surface area contributed by atoms with E-state index in [0.29, 0.717) is 11.0 Å². The van der Waals surface area contributed by atoms with Crippen LogP contribution in [0, 0.1) is 5.41 Å². The third-order valence-electron chi connectivity index (χ3n) is 0.719. The molecule has 0 saturated carbocycles. The quantitative estimate of drug-likeness (QED) is 0.493. The van der Waals surface area contributed by atoms with E-state index >= 15 is 0 Å². The largest absolute Gasteiger partial charge is 0.477 e. The Morgan fingerprint density at radius 3 is 2.40 bits per heavy atom. The third kappa shape index (κ3) is 6.32. The summed E-state index contributed by atoms with van der Waals surface area (Å²) in [4.78, 5) is 0. The van der Waals surface area contributed by atoms with Crippen LogP contribution in [0.3, 0.4) is 0 Å². The molecule has 0 atom stereocenters. The molecular formula is C6H13NOS2. The first-order chi connectivity index (χ1) is 4.45. The minimum atomic E-state index is 0.153. The van der Waals surface area contributed by atoms with Gasteiger partial charge in [-0.05, 0) is 17.6 Å². The van der Waals surface area contributed by atoms with Gasteiger partial charge in [0.25, 0.3) is 0 Å². The van der Waals surface area contributed by atoms with Crippen LogP contribution in [0.2, 0.25) is 0 Å². The van der Waals surface area contributed by atoms with E-state index in [2.05, 4.69) is 20.8 Å². The van der Waals surface area contributed by atoms with E-state index in [-0.39, 0.29) is 5.41 Å². The van der Waals surface area contributed by atoms with Gasteiger partial charge >= 0.3 is 0 Å². The molecule has 60 valence electrons. The predicted octanol–water partition coefficient (Wildman–Crippen LogP) is 1.94. The number of hydrogen-bond acceptors (Lipinski definition) is 4. The molecule has 0 heterocycles. The van der Waals surface area contributed by atoms with E-state index in [9.17, 15) is 0 Å². The van der Waals surface area contributed by atoms with E-state index in [0.717, 1.165) is 11.9 Å². The average molecular weight is 179 g/mol. The highest BCUT2D eigenvalue weighted by molar-refractivity contribution is 8.21. The Morgan fingerprint density at radius 1 is 1.60 bits per heavy atom. The molecule has 0 aliphatic heterocycles. The van der Waals surface area contributed by atoms with Gasteiger partial charge in [0, 0.05) is 11.9 Å². The van der Waals surface area contributed by atoms with Crippen LogP contribution in [0.15, 0.2) is 0 Å². The van der Waals surface area contributed by atoms with Gasteiger partial charge in [0.2, 0.25) is 4.38 Å². The zero-order valence-electron chi connectivity index (χ0n) is 6.51. The highest BCUT2D eigenvalue weighted by atomic mass is 32.2. The lowest BCUT2D eigenvalue weighted by molar-refractivity contribution is 0.197. The lowest BCUT2D eigenvalue weighted by Gasteiger charge is -2.17. The molecule has 0 saturated heterocycles. The van der Waals surface area contributed by atoms with Gasteiger partial charge in [0.05, 0.1) is 6.61 Å². The topological polar surface area (TPSA) is 35.2 Å². The number of ether oxygens (including phenoxy) is 1. The zero-order valence-corrected chi connectivity index (χ0v) is 8.14. The molecule has 0 radical (unpaired) electrons. The maximum atomic E-state index is 5.15. The van der Waals surface area contributed by atoms with Gasteiger partial charge in [-0.15, -0.1) is 0 Å². The molecule has 0 unspecified atom stereocenters. The summed E-state index contributed by atoms with van der Waals surface area (Å²) in [7, 11) is 0. The standard InChI is InChI=1S/C6H13NOS2/c1-6(2,3)4-8-5(9)10-7/h4,7H2,1-3H3. The maximum Gasteiger partial charge on any atom is 0.235 e. The Balaban J connectivity index is 3.46. The fraction of sp³-hybridized carbons (Fsp3) is 0.833. The number of thiocarbonyl (C=S) groups is 1. The van der Waals surface area contributed by atoms with Crippen LogP contribution in [0.5, 0.6) is 0 Å². The minimum Gasteiger partial charge on any atom is -0.477 e. The van der Waals surface area contributed by atoms with Crippen molar-refractivity contribution in [3.8, 4) is 0 Å². The molecule has 0 spiro atoms. The van der Waals surface area contributed by atoms with Crippen LogP contribution in [-0.4, -0.2) is 11.0 Å². The molecule has 0 fully saturated rings. The third-order valence-corrected chi connectivity index (χ3v) is 1.44. The molecule has 2 nitrogen and oxygen atoms in total. The number of hydrogen-bond donors (Lipinski definition) is 1. The smallest absolute Gasteiger partial charge is 0.235 e. The van der Waals surface area contributed by atoms with Crippen molar-refractivity contribution in [3.63, 3.8) is 0 Å². The Labute approximate surface area is 71.6 Å². The van der Waals surface area contributed by atoms with Crippen molar-refractivity contribution in [3.05, 3.63) is 0 Å². The summed E-state index contributed by atoms with van der Waals surface area (Å²) in [6, 6.07) is 0. The summed E-state index contributed by atoms with van der Waals surface area (Å²) < 4.78 is 5.54. The van der Waals surface area contributed by atoms with Gasteiger partial charge in [-0.1, -0.05) is 20.8 Å². The van der Waals surface area contributed by atoms with E-state index < -0.39 is 0 Å². The first-order valence-electron chi connectivity index (χ1n) is 2.99. The lowest BCUT2D eigenvalue weighted by Crippen LogP contribution is -2.16. The monoisotopic (exact) mass is 179 g/mol. The van der Waals surface area contributed by atoms with Crippen molar-refractivity contribution in [1.82, 2.24) is 0 Å². The fourth-order valence-corrected chi connectivity index (χ4v) is 0.495. The lowest BCUT2D eigenvalue weighted by atomic mass is 9.99. The molecule has 0 aromatic heterocycles. The molecule has 0 bridgehead atoms. The van der Waals surface area contributed by atoms with Crippen LogP contribution >= 0.6 is 24.2 Å². The van der Waals surface area contributed by atoms with Gasteiger partial charge in [0.15, 0.2) is 0 Å². The fourth-order valence-electron chi connectivity index (χ4n) is 0.309. The molecule has 4 heteroatoms. The molecule has 0 aliphatic rings. The molecule has 0 rings (SSSR count). The molecule has 0 aliphatic carbocycles. The summed E-state index contributed by atoms with van der Waals surface area (Å²) >= 11 is 5.71. The van der Waals surface area contributed by atoms with E-state index in [1.54, 1.807) is 0 Å².